The standard InChI is InChI=1S/C11H16N2/c1-8-5-9(2)11-12(4)7-10(3)13(11)6-8/h5-7,11H,1-4H3. The molecule has 2 nitrogen and oxygen atoms in total. The van der Waals surface area contributed by atoms with Crippen LogP contribution in [0.3, 0.4) is 0 Å². The normalized spacial score (nSPS) is 26.8. The molecule has 0 aromatic rings. The fraction of sp³-hybridized carbons (Fsp3) is 0.455. The summed E-state index contributed by atoms with van der Waals surface area (Å²) in [4.78, 5) is 4.58. The van der Waals surface area contributed by atoms with E-state index in [4.69, 9.17) is 0 Å². The second kappa shape index (κ2) is 2.66. The van der Waals surface area contributed by atoms with E-state index in [0.29, 0.717) is 6.17 Å². The van der Waals surface area contributed by atoms with Crippen LogP contribution in [-0.4, -0.2) is 23.0 Å². The molecule has 0 bridgehead atoms. The first-order valence-electron chi connectivity index (χ1n) is 4.65. The van der Waals surface area contributed by atoms with Gasteiger partial charge in [0.05, 0.1) is 0 Å². The summed E-state index contributed by atoms with van der Waals surface area (Å²) in [6.07, 6.45) is 7.08. The molecule has 0 saturated carbocycles. The van der Waals surface area contributed by atoms with Gasteiger partial charge < -0.3 is 9.80 Å². The maximum Gasteiger partial charge on any atom is 0.127 e. The number of allylic oxidation sites excluding steroid dienone is 3. The van der Waals surface area contributed by atoms with Gasteiger partial charge in [-0.1, -0.05) is 6.08 Å². The Labute approximate surface area is 79.8 Å². The molecule has 0 N–H and O–H groups in total. The van der Waals surface area contributed by atoms with Crippen molar-refractivity contribution in [3.05, 3.63) is 35.3 Å². The van der Waals surface area contributed by atoms with Crippen LogP contribution in [0, 0.1) is 0 Å². The van der Waals surface area contributed by atoms with Gasteiger partial charge in [0.1, 0.15) is 6.17 Å². The minimum Gasteiger partial charge on any atom is -0.355 e. The molecule has 0 spiro atoms. The number of hydrogen-bond donors (Lipinski definition) is 0. The Morgan fingerprint density at radius 1 is 1.15 bits per heavy atom. The fourth-order valence-corrected chi connectivity index (χ4v) is 2.22. The molecule has 2 aliphatic rings. The van der Waals surface area contributed by atoms with Gasteiger partial charge in [-0.05, 0) is 31.9 Å². The third-order valence-electron chi connectivity index (χ3n) is 2.65. The van der Waals surface area contributed by atoms with Crippen LogP contribution in [0.5, 0.6) is 0 Å². The summed E-state index contributed by atoms with van der Waals surface area (Å²) >= 11 is 0. The molecule has 2 rings (SSSR count). The topological polar surface area (TPSA) is 6.48 Å². The number of likely N-dealkylation sites (N-methyl/N-ethyl adjacent to an activating group) is 1. The zero-order valence-corrected chi connectivity index (χ0v) is 8.70. The molecular formula is C11H16N2. The van der Waals surface area contributed by atoms with Crippen LogP contribution in [0.2, 0.25) is 0 Å². The van der Waals surface area contributed by atoms with E-state index in [1.807, 2.05) is 0 Å². The van der Waals surface area contributed by atoms with Crippen molar-refractivity contribution in [3.8, 4) is 0 Å². The van der Waals surface area contributed by atoms with Crippen LogP contribution >= 0.6 is 0 Å². The molecule has 2 heterocycles. The van der Waals surface area contributed by atoms with Gasteiger partial charge in [0.25, 0.3) is 0 Å². The van der Waals surface area contributed by atoms with Crippen molar-refractivity contribution in [1.82, 2.24) is 9.80 Å². The predicted molar refractivity (Wildman–Crippen MR) is 54.7 cm³/mol. The molecule has 2 aliphatic heterocycles. The average molecular weight is 176 g/mol. The molecule has 0 aromatic heterocycles. The quantitative estimate of drug-likeness (QED) is 0.558. The monoisotopic (exact) mass is 176 g/mol. The lowest BCUT2D eigenvalue weighted by Gasteiger charge is -2.33. The van der Waals surface area contributed by atoms with Crippen LogP contribution in [0.1, 0.15) is 20.8 Å². The van der Waals surface area contributed by atoms with Crippen molar-refractivity contribution in [2.45, 2.75) is 26.9 Å². The van der Waals surface area contributed by atoms with E-state index in [0.717, 1.165) is 0 Å². The highest BCUT2D eigenvalue weighted by Gasteiger charge is 2.29. The van der Waals surface area contributed by atoms with Gasteiger partial charge in [0.15, 0.2) is 0 Å². The van der Waals surface area contributed by atoms with E-state index >= 15 is 0 Å². The van der Waals surface area contributed by atoms with E-state index < -0.39 is 0 Å². The lowest BCUT2D eigenvalue weighted by Crippen LogP contribution is -2.37. The first-order chi connectivity index (χ1) is 6.09. The van der Waals surface area contributed by atoms with Gasteiger partial charge in [0.2, 0.25) is 0 Å². The van der Waals surface area contributed by atoms with E-state index in [2.05, 4.69) is 56.1 Å². The summed E-state index contributed by atoms with van der Waals surface area (Å²) in [6, 6.07) is 0. The molecule has 0 aliphatic carbocycles. The SMILES string of the molecule is CC1=CN2C(C)=CN(C)C2C(C)=C1. The molecular weight excluding hydrogens is 160 g/mol. The molecule has 13 heavy (non-hydrogen) atoms. The summed E-state index contributed by atoms with van der Waals surface area (Å²) in [5, 5.41) is 0. The van der Waals surface area contributed by atoms with Crippen molar-refractivity contribution < 1.29 is 0 Å². The Balaban J connectivity index is 2.39. The summed E-state index contributed by atoms with van der Waals surface area (Å²) in [5.74, 6) is 0. The van der Waals surface area contributed by atoms with Gasteiger partial charge in [0, 0.05) is 25.1 Å². The highest BCUT2D eigenvalue weighted by atomic mass is 15.4. The van der Waals surface area contributed by atoms with Gasteiger partial charge in [-0.3, -0.25) is 0 Å². The summed E-state index contributed by atoms with van der Waals surface area (Å²) in [5.41, 5.74) is 4.06. The van der Waals surface area contributed by atoms with Crippen LogP contribution in [-0.2, 0) is 0 Å². The van der Waals surface area contributed by atoms with Crippen LogP contribution in [0.15, 0.2) is 35.3 Å². The van der Waals surface area contributed by atoms with Crippen molar-refractivity contribution in [2.24, 2.45) is 0 Å². The fourth-order valence-electron chi connectivity index (χ4n) is 2.22. The third-order valence-corrected chi connectivity index (χ3v) is 2.65. The van der Waals surface area contributed by atoms with Crippen LogP contribution < -0.4 is 0 Å². The van der Waals surface area contributed by atoms with Gasteiger partial charge in [-0.2, -0.15) is 0 Å². The average Bonchev–Trinajstić information content (AvgIpc) is 2.27. The van der Waals surface area contributed by atoms with E-state index in [1.54, 1.807) is 0 Å². The summed E-state index contributed by atoms with van der Waals surface area (Å²) in [6.45, 7) is 6.49. The first kappa shape index (κ1) is 8.42. The highest BCUT2D eigenvalue weighted by Crippen LogP contribution is 2.30. The number of hydrogen-bond acceptors (Lipinski definition) is 2. The van der Waals surface area contributed by atoms with E-state index in [1.165, 1.54) is 16.8 Å². The van der Waals surface area contributed by atoms with Crippen LogP contribution in [0.4, 0.5) is 0 Å². The molecule has 0 saturated heterocycles. The summed E-state index contributed by atoms with van der Waals surface area (Å²) in [7, 11) is 2.12. The summed E-state index contributed by atoms with van der Waals surface area (Å²) < 4.78 is 0. The Morgan fingerprint density at radius 3 is 2.54 bits per heavy atom. The maximum absolute atomic E-state index is 2.32. The molecule has 2 heteroatoms. The molecule has 0 aromatic carbocycles. The second-order valence-electron chi connectivity index (χ2n) is 3.98. The Morgan fingerprint density at radius 2 is 1.85 bits per heavy atom. The van der Waals surface area contributed by atoms with Gasteiger partial charge in [-0.25, -0.2) is 0 Å². The Bertz CT molecular complexity index is 323. The first-order valence-corrected chi connectivity index (χ1v) is 4.65. The Hall–Kier alpha value is -1.18. The number of rotatable bonds is 0. The number of fused-ring (bicyclic) bond motifs is 1. The third kappa shape index (κ3) is 1.17. The molecule has 1 atom stereocenters. The van der Waals surface area contributed by atoms with Gasteiger partial charge in [-0.15, -0.1) is 0 Å². The molecule has 1 unspecified atom stereocenters. The second-order valence-corrected chi connectivity index (χ2v) is 3.98. The zero-order chi connectivity index (χ0) is 9.59. The largest absolute Gasteiger partial charge is 0.355 e. The predicted octanol–water partition coefficient (Wildman–Crippen LogP) is 2.28. The molecule has 70 valence electrons. The molecule has 0 fully saturated rings. The van der Waals surface area contributed by atoms with E-state index in [9.17, 15) is 0 Å². The zero-order valence-electron chi connectivity index (χ0n) is 8.70. The molecule has 0 radical (unpaired) electrons. The van der Waals surface area contributed by atoms with Crippen molar-refractivity contribution in [1.29, 1.82) is 0 Å². The maximum atomic E-state index is 2.32. The lowest BCUT2D eigenvalue weighted by atomic mass is 10.1. The lowest BCUT2D eigenvalue weighted by molar-refractivity contribution is 0.251. The minimum absolute atomic E-state index is 0.420. The highest BCUT2D eigenvalue weighted by molar-refractivity contribution is 5.33. The van der Waals surface area contributed by atoms with Crippen molar-refractivity contribution >= 4 is 0 Å². The van der Waals surface area contributed by atoms with Gasteiger partial charge >= 0.3 is 0 Å². The van der Waals surface area contributed by atoms with Crippen molar-refractivity contribution in [2.75, 3.05) is 7.05 Å². The molecule has 0 amide bonds. The van der Waals surface area contributed by atoms with E-state index in [-0.39, 0.29) is 0 Å². The van der Waals surface area contributed by atoms with Crippen LogP contribution in [0.25, 0.3) is 0 Å². The van der Waals surface area contributed by atoms with Crippen molar-refractivity contribution in [3.63, 3.8) is 0 Å². The number of nitrogens with zero attached hydrogens (tertiary/aromatic N) is 2. The smallest absolute Gasteiger partial charge is 0.127 e. The minimum atomic E-state index is 0.420. The Kier molecular flexibility index (Phi) is 1.72.